The molecule has 32 heavy (non-hydrogen) atoms. The predicted octanol–water partition coefficient (Wildman–Crippen LogP) is 3.69. The van der Waals surface area contributed by atoms with Crippen molar-refractivity contribution in [2.24, 2.45) is 0 Å². The van der Waals surface area contributed by atoms with E-state index in [1.807, 2.05) is 23.1 Å². The zero-order valence-corrected chi connectivity index (χ0v) is 19.6. The van der Waals surface area contributed by atoms with E-state index in [2.05, 4.69) is 19.7 Å². The second-order valence-electron chi connectivity index (χ2n) is 8.72. The molecule has 2 aliphatic heterocycles. The molecule has 2 aromatic rings. The Kier molecular flexibility index (Phi) is 6.17. The van der Waals surface area contributed by atoms with Crippen LogP contribution in [0, 0.1) is 0 Å². The van der Waals surface area contributed by atoms with Crippen LogP contribution in [0.2, 0.25) is 0 Å². The average molecular weight is 458 g/mol. The fourth-order valence-corrected chi connectivity index (χ4v) is 5.74. The second-order valence-corrected chi connectivity index (χ2v) is 9.66. The Bertz CT molecular complexity index is 971. The number of benzene rings is 1. The Morgan fingerprint density at radius 2 is 1.88 bits per heavy atom. The highest BCUT2D eigenvalue weighted by atomic mass is 32.2. The Hall–Kier alpha value is -2.42. The number of amides is 1. The minimum atomic E-state index is 0.00890. The molecule has 1 aromatic carbocycles. The van der Waals surface area contributed by atoms with E-state index < -0.39 is 0 Å². The van der Waals surface area contributed by atoms with Crippen LogP contribution in [0.25, 0.3) is 0 Å². The molecule has 0 spiro atoms. The van der Waals surface area contributed by atoms with E-state index in [0.717, 1.165) is 60.6 Å². The fourth-order valence-electron chi connectivity index (χ4n) is 4.85. The lowest BCUT2D eigenvalue weighted by atomic mass is 10.0. The summed E-state index contributed by atoms with van der Waals surface area (Å²) in [4.78, 5) is 17.6. The number of nitrogens with zero attached hydrogens (tertiary/aromatic N) is 5. The highest BCUT2D eigenvalue weighted by Gasteiger charge is 2.35. The number of aromatic nitrogens is 3. The second kappa shape index (κ2) is 9.21. The van der Waals surface area contributed by atoms with Gasteiger partial charge in [0, 0.05) is 31.2 Å². The van der Waals surface area contributed by atoms with E-state index in [-0.39, 0.29) is 11.9 Å². The van der Waals surface area contributed by atoms with Crippen LogP contribution in [0.15, 0.2) is 23.4 Å². The van der Waals surface area contributed by atoms with Crippen LogP contribution < -0.4 is 14.4 Å². The van der Waals surface area contributed by atoms with Crippen molar-refractivity contribution in [1.29, 1.82) is 0 Å². The SMILES string of the molecule is COc1ccc(OC)c(C2CCCN2C(=O)CSc2nnc(N3CCCC3)n2C2CC2)c1. The van der Waals surface area contributed by atoms with Gasteiger partial charge in [-0.15, -0.1) is 10.2 Å². The molecule has 9 heteroatoms. The predicted molar refractivity (Wildman–Crippen MR) is 124 cm³/mol. The number of ether oxygens (including phenoxy) is 2. The number of rotatable bonds is 8. The maximum atomic E-state index is 13.3. The molecule has 3 aliphatic rings. The Morgan fingerprint density at radius 1 is 1.06 bits per heavy atom. The lowest BCUT2D eigenvalue weighted by Gasteiger charge is -2.26. The molecule has 3 heterocycles. The molecule has 5 rings (SSSR count). The van der Waals surface area contributed by atoms with E-state index in [4.69, 9.17) is 9.47 Å². The molecule has 1 atom stereocenters. The Labute approximate surface area is 193 Å². The van der Waals surface area contributed by atoms with E-state index in [1.54, 1.807) is 14.2 Å². The molecule has 1 aliphatic carbocycles. The highest BCUT2D eigenvalue weighted by Crippen LogP contribution is 2.42. The van der Waals surface area contributed by atoms with Crippen molar-refractivity contribution in [3.63, 3.8) is 0 Å². The number of thioether (sulfide) groups is 1. The minimum absolute atomic E-state index is 0.00890. The third-order valence-corrected chi connectivity index (χ3v) is 7.57. The van der Waals surface area contributed by atoms with Crippen molar-refractivity contribution < 1.29 is 14.3 Å². The molecule has 3 fully saturated rings. The maximum absolute atomic E-state index is 13.3. The standard InChI is InChI=1S/C23H31N5O3S/c1-30-17-9-10-20(31-2)18(14-17)19-6-5-13-27(19)21(29)15-32-23-25-24-22(26-11-3-4-12-26)28(23)16-7-8-16/h9-10,14,16,19H,3-8,11-13,15H2,1-2H3. The van der Waals surface area contributed by atoms with Crippen molar-refractivity contribution in [2.45, 2.75) is 55.8 Å². The Morgan fingerprint density at radius 3 is 2.59 bits per heavy atom. The largest absolute Gasteiger partial charge is 0.497 e. The highest BCUT2D eigenvalue weighted by molar-refractivity contribution is 7.99. The van der Waals surface area contributed by atoms with Crippen LogP contribution in [-0.4, -0.2) is 65.2 Å². The first kappa shape index (κ1) is 21.4. The van der Waals surface area contributed by atoms with Crippen LogP contribution in [0.5, 0.6) is 11.5 Å². The summed E-state index contributed by atoms with van der Waals surface area (Å²) in [5.41, 5.74) is 1.01. The molecule has 1 unspecified atom stereocenters. The van der Waals surface area contributed by atoms with Crippen LogP contribution in [0.4, 0.5) is 5.95 Å². The van der Waals surface area contributed by atoms with E-state index >= 15 is 0 Å². The first-order chi connectivity index (χ1) is 15.7. The molecular formula is C23H31N5O3S. The smallest absolute Gasteiger partial charge is 0.233 e. The Balaban J connectivity index is 1.30. The summed E-state index contributed by atoms with van der Waals surface area (Å²) < 4.78 is 13.3. The van der Waals surface area contributed by atoms with Crippen LogP contribution in [0.1, 0.15) is 56.2 Å². The van der Waals surface area contributed by atoms with Gasteiger partial charge in [0.25, 0.3) is 0 Å². The molecule has 1 saturated carbocycles. The molecular weight excluding hydrogens is 426 g/mol. The van der Waals surface area contributed by atoms with Crippen molar-refractivity contribution in [3.8, 4) is 11.5 Å². The van der Waals surface area contributed by atoms with Crippen LogP contribution in [-0.2, 0) is 4.79 Å². The summed E-state index contributed by atoms with van der Waals surface area (Å²) in [6, 6.07) is 6.30. The topological polar surface area (TPSA) is 72.7 Å². The number of carbonyl (C=O) groups excluding carboxylic acids is 1. The van der Waals surface area contributed by atoms with Crippen molar-refractivity contribution in [3.05, 3.63) is 23.8 Å². The van der Waals surface area contributed by atoms with Gasteiger partial charge >= 0.3 is 0 Å². The van der Waals surface area contributed by atoms with Gasteiger partial charge in [-0.05, 0) is 56.7 Å². The monoisotopic (exact) mass is 457 g/mol. The molecule has 0 radical (unpaired) electrons. The number of hydrogen-bond donors (Lipinski definition) is 0. The number of likely N-dealkylation sites (tertiary alicyclic amines) is 1. The quantitative estimate of drug-likeness (QED) is 0.560. The summed E-state index contributed by atoms with van der Waals surface area (Å²) in [6.07, 6.45) is 6.68. The lowest BCUT2D eigenvalue weighted by Crippen LogP contribution is -2.32. The van der Waals surface area contributed by atoms with Crippen molar-refractivity contribution >= 4 is 23.6 Å². The van der Waals surface area contributed by atoms with Gasteiger partial charge < -0.3 is 19.3 Å². The number of hydrogen-bond acceptors (Lipinski definition) is 7. The number of carbonyl (C=O) groups is 1. The van der Waals surface area contributed by atoms with Crippen LogP contribution in [0.3, 0.4) is 0 Å². The third kappa shape index (κ3) is 4.14. The minimum Gasteiger partial charge on any atom is -0.497 e. The molecule has 1 amide bonds. The van der Waals surface area contributed by atoms with Gasteiger partial charge in [0.2, 0.25) is 11.9 Å². The van der Waals surface area contributed by atoms with E-state index in [1.165, 1.54) is 37.4 Å². The van der Waals surface area contributed by atoms with Gasteiger partial charge in [0.1, 0.15) is 11.5 Å². The molecule has 0 N–H and O–H groups in total. The fraction of sp³-hybridized carbons (Fsp3) is 0.609. The van der Waals surface area contributed by atoms with Crippen molar-refractivity contribution in [1.82, 2.24) is 19.7 Å². The number of methoxy groups -OCH3 is 2. The third-order valence-electron chi connectivity index (χ3n) is 6.64. The van der Waals surface area contributed by atoms with Gasteiger partial charge in [-0.2, -0.15) is 0 Å². The maximum Gasteiger partial charge on any atom is 0.233 e. The summed E-state index contributed by atoms with van der Waals surface area (Å²) in [5, 5.41) is 9.85. The molecule has 2 saturated heterocycles. The van der Waals surface area contributed by atoms with E-state index in [0.29, 0.717) is 11.8 Å². The van der Waals surface area contributed by atoms with E-state index in [9.17, 15) is 4.79 Å². The normalized spacial score (nSPS) is 20.8. The van der Waals surface area contributed by atoms with Gasteiger partial charge in [-0.25, -0.2) is 0 Å². The average Bonchev–Trinajstić information content (AvgIpc) is 3.24. The summed E-state index contributed by atoms with van der Waals surface area (Å²) in [7, 11) is 3.33. The van der Waals surface area contributed by atoms with Gasteiger partial charge in [-0.3, -0.25) is 9.36 Å². The first-order valence-electron chi connectivity index (χ1n) is 11.5. The zero-order valence-electron chi connectivity index (χ0n) is 18.8. The first-order valence-corrected chi connectivity index (χ1v) is 12.5. The molecule has 0 bridgehead atoms. The van der Waals surface area contributed by atoms with Gasteiger partial charge in [-0.1, -0.05) is 11.8 Å². The lowest BCUT2D eigenvalue weighted by molar-refractivity contribution is -0.129. The molecule has 8 nitrogen and oxygen atoms in total. The zero-order chi connectivity index (χ0) is 22.1. The molecule has 1 aromatic heterocycles. The number of anilines is 1. The summed E-state index contributed by atoms with van der Waals surface area (Å²) >= 11 is 1.52. The van der Waals surface area contributed by atoms with Gasteiger partial charge in [0.15, 0.2) is 5.16 Å². The van der Waals surface area contributed by atoms with Crippen molar-refractivity contribution in [2.75, 3.05) is 44.5 Å². The molecule has 172 valence electrons. The van der Waals surface area contributed by atoms with Crippen LogP contribution >= 0.6 is 11.8 Å². The summed E-state index contributed by atoms with van der Waals surface area (Å²) in [5.74, 6) is 3.07. The van der Waals surface area contributed by atoms with Gasteiger partial charge in [0.05, 0.1) is 26.0 Å². The summed E-state index contributed by atoms with van der Waals surface area (Å²) in [6.45, 7) is 2.86.